The number of para-hydroxylation sites is 4. The maximum Gasteiger partial charge on any atom is 0.280 e. The van der Waals surface area contributed by atoms with Crippen molar-refractivity contribution in [3.05, 3.63) is 525 Å². The van der Waals surface area contributed by atoms with Crippen molar-refractivity contribution in [3.8, 4) is 0 Å². The Bertz CT molecular complexity index is 7070. The molecular weight excluding hydrogens is 1750 g/mol. The summed E-state index contributed by atoms with van der Waals surface area (Å²) in [6.45, 7) is 22.2. The third-order valence-electron chi connectivity index (χ3n) is 20.3. The SMILES string of the molecule is Cc1ccccc1.Cc1ccccn1.Cc1cccnc1.Cc1ccnc2ccccc12.Cc1ccnc2cccnc12.Cc1ccncc1.Cc1ccncn1.Cc1cnnc2ccccc12.Cc1nccc2ccccc12.Cc1ncnc2ccccc12.Cc1nncc2ccccc12.Cn1ccc(=O)cc1.Cn1cnc(=O)c2ccccc21.Cn1cnc2ccccc2c1=O.Cn1cnccc1=O. The van der Waals surface area contributed by atoms with Crippen LogP contribution in [0.5, 0.6) is 0 Å². The van der Waals surface area contributed by atoms with Gasteiger partial charge in [0.25, 0.3) is 16.7 Å². The molecule has 0 amide bonds. The minimum Gasteiger partial charge on any atom is -0.357 e. The van der Waals surface area contributed by atoms with Crippen molar-refractivity contribution in [1.29, 1.82) is 0 Å². The summed E-state index contributed by atoms with van der Waals surface area (Å²) in [7, 11) is 7.10. The maximum atomic E-state index is 11.5. The van der Waals surface area contributed by atoms with E-state index in [-0.39, 0.29) is 22.1 Å². The molecule has 0 bridgehead atoms. The van der Waals surface area contributed by atoms with Gasteiger partial charge in [-0.05, 0) is 219 Å². The van der Waals surface area contributed by atoms with Crippen molar-refractivity contribution >= 4 is 87.1 Å². The summed E-state index contributed by atoms with van der Waals surface area (Å²) in [6, 6.07) is 95.5. The van der Waals surface area contributed by atoms with Gasteiger partial charge < -0.3 is 18.3 Å². The van der Waals surface area contributed by atoms with Crippen molar-refractivity contribution in [2.24, 2.45) is 28.2 Å². The summed E-state index contributed by atoms with van der Waals surface area (Å²) in [4.78, 5) is 99.5. The molecule has 26 heteroatoms. The van der Waals surface area contributed by atoms with Crippen molar-refractivity contribution in [2.75, 3.05) is 0 Å². The van der Waals surface area contributed by atoms with Crippen LogP contribution in [0.1, 0.15) is 61.9 Å². The van der Waals surface area contributed by atoms with Crippen molar-refractivity contribution < 1.29 is 0 Å². The van der Waals surface area contributed by atoms with Crippen molar-refractivity contribution in [1.82, 2.24) is 108 Å². The van der Waals surface area contributed by atoms with E-state index in [0.29, 0.717) is 10.8 Å². The van der Waals surface area contributed by atoms with Gasteiger partial charge in [-0.2, -0.15) is 25.4 Å². The second-order valence-corrected chi connectivity index (χ2v) is 31.4. The lowest BCUT2D eigenvalue weighted by molar-refractivity contribution is 0.824. The van der Waals surface area contributed by atoms with Gasteiger partial charge in [-0.3, -0.25) is 54.1 Å². The lowest BCUT2D eigenvalue weighted by Gasteiger charge is -2.01. The van der Waals surface area contributed by atoms with Crippen molar-refractivity contribution in [2.45, 2.75) is 76.2 Å². The van der Waals surface area contributed by atoms with E-state index in [9.17, 15) is 19.2 Å². The first kappa shape index (κ1) is 106. The Labute approximate surface area is 819 Å². The third-order valence-corrected chi connectivity index (χ3v) is 20.3. The van der Waals surface area contributed by atoms with Crippen LogP contribution in [0.3, 0.4) is 0 Å². The van der Waals surface area contributed by atoms with E-state index in [2.05, 4.69) is 146 Å². The van der Waals surface area contributed by atoms with Crippen LogP contribution < -0.4 is 22.1 Å². The lowest BCUT2D eigenvalue weighted by atomic mass is 10.1. The largest absolute Gasteiger partial charge is 0.357 e. The molecule has 0 atom stereocenters. The molecule has 0 fully saturated rings. The summed E-state index contributed by atoms with van der Waals surface area (Å²) >= 11 is 0. The Morgan fingerprint density at radius 2 is 0.759 bits per heavy atom. The predicted molar refractivity (Wildman–Crippen MR) is 570 cm³/mol. The summed E-state index contributed by atoms with van der Waals surface area (Å²) in [5.74, 6) is 0. The number of nitrogens with zero attached hydrogens (tertiary/aromatic N) is 22. The molecule has 0 saturated heterocycles. The van der Waals surface area contributed by atoms with Gasteiger partial charge in [-0.1, -0.05) is 175 Å². The van der Waals surface area contributed by atoms with Gasteiger partial charge in [0, 0.05) is 182 Å². The number of hydrogen-bond donors (Lipinski definition) is 0. The van der Waals surface area contributed by atoms with E-state index in [1.54, 1.807) is 101 Å². The zero-order valence-electron chi connectivity index (χ0n) is 81.8. The molecule has 0 aliphatic heterocycles. The van der Waals surface area contributed by atoms with Gasteiger partial charge >= 0.3 is 0 Å². The van der Waals surface area contributed by atoms with E-state index in [0.717, 1.165) is 77.9 Å². The minimum absolute atomic E-state index is 0.000556. The molecule has 0 N–H and O–H groups in total. The van der Waals surface area contributed by atoms with Gasteiger partial charge in [0.1, 0.15) is 12.7 Å². The molecule has 23 rings (SSSR count). The number of benzene rings is 8. The van der Waals surface area contributed by atoms with E-state index in [1.165, 1.54) is 119 Å². The Morgan fingerprint density at radius 3 is 1.28 bits per heavy atom. The van der Waals surface area contributed by atoms with Crippen LogP contribution in [0, 0.1) is 76.2 Å². The van der Waals surface area contributed by atoms with Crippen LogP contribution >= 0.6 is 0 Å². The fourth-order valence-corrected chi connectivity index (χ4v) is 12.6. The monoisotopic (exact) mass is 1870 g/mol. The number of pyridine rings is 8. The first-order valence-corrected chi connectivity index (χ1v) is 44.9. The molecule has 8 aromatic carbocycles. The number of aromatic nitrogens is 22. The molecular formula is C115H114N22O4. The first-order valence-electron chi connectivity index (χ1n) is 44.9. The smallest absolute Gasteiger partial charge is 0.280 e. The topological polar surface area (TPSA) is 320 Å². The van der Waals surface area contributed by atoms with Crippen LogP contribution in [0.15, 0.2) is 441 Å². The zero-order chi connectivity index (χ0) is 101. The molecule has 0 aliphatic rings. The number of hydrogen-bond acceptors (Lipinski definition) is 22. The van der Waals surface area contributed by atoms with Crippen LogP contribution in [0.4, 0.5) is 0 Å². The van der Waals surface area contributed by atoms with Crippen LogP contribution in [0.25, 0.3) is 87.1 Å². The molecule has 15 heterocycles. The Morgan fingerprint density at radius 1 is 0.248 bits per heavy atom. The number of fused-ring (bicyclic) bond motifs is 8. The molecule has 0 radical (unpaired) electrons. The number of aryl methyl sites for hydroxylation is 15. The summed E-state index contributed by atoms with van der Waals surface area (Å²) in [5, 5.41) is 25.4. The Kier molecular flexibility index (Phi) is 44.4. The average molecular weight is 1870 g/mol. The van der Waals surface area contributed by atoms with E-state index in [4.69, 9.17) is 0 Å². The summed E-state index contributed by atoms with van der Waals surface area (Å²) < 4.78 is 6.54. The quantitative estimate of drug-likeness (QED) is 0.136. The second-order valence-electron chi connectivity index (χ2n) is 31.4. The highest BCUT2D eigenvalue weighted by atomic mass is 16.1. The van der Waals surface area contributed by atoms with Gasteiger partial charge in [0.05, 0.1) is 86.5 Å². The molecule has 0 unspecified atom stereocenters. The van der Waals surface area contributed by atoms with E-state index >= 15 is 0 Å². The normalized spacial score (nSPS) is 9.78. The molecule has 141 heavy (non-hydrogen) atoms. The van der Waals surface area contributed by atoms with Crippen molar-refractivity contribution in [3.63, 3.8) is 0 Å². The zero-order valence-corrected chi connectivity index (χ0v) is 81.8. The minimum atomic E-state index is -0.163. The lowest BCUT2D eigenvalue weighted by Crippen LogP contribution is -2.16. The highest BCUT2D eigenvalue weighted by Gasteiger charge is 2.04. The highest BCUT2D eigenvalue weighted by molar-refractivity contribution is 5.86. The fourth-order valence-electron chi connectivity index (χ4n) is 12.6. The first-order chi connectivity index (χ1) is 68.4. The summed E-state index contributed by atoms with van der Waals surface area (Å²) in [6.07, 6.45) is 34.1. The molecule has 708 valence electrons. The van der Waals surface area contributed by atoms with Crippen LogP contribution in [0.2, 0.25) is 0 Å². The highest BCUT2D eigenvalue weighted by Crippen LogP contribution is 2.19. The summed E-state index contributed by atoms with van der Waals surface area (Å²) in [5.41, 5.74) is 19.2. The van der Waals surface area contributed by atoms with E-state index in [1.807, 2.05) is 329 Å². The van der Waals surface area contributed by atoms with Gasteiger partial charge in [-0.25, -0.2) is 29.9 Å². The molecule has 0 saturated carbocycles. The fraction of sp³-hybridized carbons (Fsp3) is 0.130. The molecule has 15 aromatic heterocycles. The molecule has 0 spiro atoms. The van der Waals surface area contributed by atoms with E-state index < -0.39 is 0 Å². The number of rotatable bonds is 0. The molecule has 23 aromatic rings. The molecule has 0 aliphatic carbocycles. The molecule has 26 nitrogen and oxygen atoms in total. The second kappa shape index (κ2) is 58.8. The standard InChI is InChI=1S/2C10H9N.2C9H8N2O.4C9H8N2.C7H8.C6H7NO.3C6H7N.C5H6N2O.C5H6N2/c1-8-10-5-3-2-4-9(10)6-7-11-8;1-8-6-7-11-10-5-3-2-4-9(8)10;1-11-6-10-9(12)7-4-2-3-5-8(7)11;1-11-6-10-8-5-3-2-4-7(8)9(11)12;1-7-4-6-10-8-3-2-5-11-9(7)8;1-7-8-4-2-3-5-9(8)11-6-10-7;1-7-9-5-3-2-4-8(9)6-10-11-7;1-7-6-10-11-9-5-3-2-4-8(7)9;1-7-5-3-2-4-6-7;1-7-4-2-6(8)3-5-7;1-6-2-4-7-5-3-6;1-6-3-2-4-7-5-6;1-6-4-2-3-5-7-6;1-7-4-6-3-2-5(7)8;1-5-2-3-6-4-7-5/h2*2-7H,1H3;2*2-6H,1H3;4*2-6H,1H3;2-6H,1H3;2-5H,1H3;3*2-5H,1H3;2-4H,1H3;2-4H,1H3. The van der Waals surface area contributed by atoms with Gasteiger partial charge in [-0.15, -0.1) is 0 Å². The Hall–Kier alpha value is -18.2. The average Bonchev–Trinajstić information content (AvgIpc) is 0.803. The maximum absolute atomic E-state index is 11.5. The third kappa shape index (κ3) is 37.2. The predicted octanol–water partition coefficient (Wildman–Crippen LogP) is 21.8. The van der Waals surface area contributed by atoms with Gasteiger partial charge in [0.2, 0.25) is 0 Å². The van der Waals surface area contributed by atoms with Crippen LogP contribution in [-0.2, 0) is 28.2 Å². The van der Waals surface area contributed by atoms with Gasteiger partial charge in [0.15, 0.2) is 5.43 Å². The Balaban J connectivity index is 0.000000169. The van der Waals surface area contributed by atoms with Crippen LogP contribution in [-0.4, -0.2) is 108 Å².